The highest BCUT2D eigenvalue weighted by Crippen LogP contribution is 2.19. The average molecular weight is 193 g/mol. The molecule has 0 aromatic heterocycles. The first-order valence-corrected chi connectivity index (χ1v) is 3.53. The van der Waals surface area contributed by atoms with E-state index < -0.39 is 36.7 Å². The SMILES string of the molecule is O=C([O-])C1OC(O)C(O)C(O)C1O. The third-order valence-electron chi connectivity index (χ3n) is 1.82. The number of carboxylic acid groups (broad SMARTS) is 1. The summed E-state index contributed by atoms with van der Waals surface area (Å²) in [6.45, 7) is 0. The lowest BCUT2D eigenvalue weighted by Gasteiger charge is -2.38. The van der Waals surface area contributed by atoms with Gasteiger partial charge in [-0.15, -0.1) is 0 Å². The van der Waals surface area contributed by atoms with E-state index in [1.807, 2.05) is 0 Å². The Morgan fingerprint density at radius 1 is 1.08 bits per heavy atom. The topological polar surface area (TPSA) is 130 Å². The Morgan fingerprint density at radius 3 is 2.08 bits per heavy atom. The summed E-state index contributed by atoms with van der Waals surface area (Å²) < 4.78 is 4.28. The van der Waals surface area contributed by atoms with E-state index in [1.165, 1.54) is 0 Å². The zero-order valence-corrected chi connectivity index (χ0v) is 6.40. The van der Waals surface area contributed by atoms with E-state index >= 15 is 0 Å². The van der Waals surface area contributed by atoms with Crippen molar-refractivity contribution in [1.82, 2.24) is 0 Å². The maximum atomic E-state index is 10.3. The molecule has 0 spiro atoms. The first-order valence-electron chi connectivity index (χ1n) is 3.53. The monoisotopic (exact) mass is 193 g/mol. The van der Waals surface area contributed by atoms with Gasteiger partial charge in [-0.3, -0.25) is 0 Å². The van der Waals surface area contributed by atoms with E-state index in [0.29, 0.717) is 0 Å². The van der Waals surface area contributed by atoms with Gasteiger partial charge in [0.25, 0.3) is 0 Å². The van der Waals surface area contributed by atoms with Gasteiger partial charge in [-0.2, -0.15) is 0 Å². The molecule has 1 heterocycles. The Labute approximate surface area is 72.8 Å². The van der Waals surface area contributed by atoms with Gasteiger partial charge in [0.05, 0.1) is 5.97 Å². The molecular formula is C6H9O7-. The van der Waals surface area contributed by atoms with Gasteiger partial charge in [0, 0.05) is 0 Å². The van der Waals surface area contributed by atoms with Crippen molar-refractivity contribution in [2.24, 2.45) is 0 Å². The number of aliphatic carboxylic acids is 1. The molecule has 5 unspecified atom stereocenters. The summed E-state index contributed by atoms with van der Waals surface area (Å²) in [6.07, 6.45) is -9.00. The number of ether oxygens (including phenoxy) is 1. The number of aliphatic hydroxyl groups is 4. The molecular weight excluding hydrogens is 184 g/mol. The van der Waals surface area contributed by atoms with Crippen LogP contribution in [0.15, 0.2) is 0 Å². The van der Waals surface area contributed by atoms with Crippen LogP contribution in [0.4, 0.5) is 0 Å². The number of rotatable bonds is 1. The summed E-state index contributed by atoms with van der Waals surface area (Å²) in [5.41, 5.74) is 0. The van der Waals surface area contributed by atoms with Crippen LogP contribution >= 0.6 is 0 Å². The van der Waals surface area contributed by atoms with Crippen LogP contribution in [0.5, 0.6) is 0 Å². The van der Waals surface area contributed by atoms with Gasteiger partial charge in [-0.05, 0) is 0 Å². The number of aliphatic hydroxyl groups excluding tert-OH is 4. The van der Waals surface area contributed by atoms with Crippen LogP contribution in [0.3, 0.4) is 0 Å². The molecule has 0 aromatic carbocycles. The zero-order valence-electron chi connectivity index (χ0n) is 6.40. The average Bonchev–Trinajstić information content (AvgIpc) is 2.07. The lowest BCUT2D eigenvalue weighted by atomic mass is 9.99. The van der Waals surface area contributed by atoms with Crippen LogP contribution in [-0.2, 0) is 9.53 Å². The molecule has 76 valence electrons. The minimum atomic E-state index is -1.85. The summed E-state index contributed by atoms with van der Waals surface area (Å²) in [5.74, 6) is -1.77. The van der Waals surface area contributed by atoms with Gasteiger partial charge in [0.2, 0.25) is 0 Å². The lowest BCUT2D eigenvalue weighted by Crippen LogP contribution is -2.62. The predicted octanol–water partition coefficient (Wildman–Crippen LogP) is -4.46. The summed E-state index contributed by atoms with van der Waals surface area (Å²) in [7, 11) is 0. The summed E-state index contributed by atoms with van der Waals surface area (Å²) in [6, 6.07) is 0. The quantitative estimate of drug-likeness (QED) is 0.330. The molecule has 1 fully saturated rings. The lowest BCUT2D eigenvalue weighted by molar-refractivity contribution is -0.345. The van der Waals surface area contributed by atoms with Gasteiger partial charge < -0.3 is 35.1 Å². The Hall–Kier alpha value is -0.730. The highest BCUT2D eigenvalue weighted by atomic mass is 16.6. The fourth-order valence-corrected chi connectivity index (χ4v) is 1.06. The molecule has 0 saturated carbocycles. The van der Waals surface area contributed by atoms with Crippen molar-refractivity contribution in [3.05, 3.63) is 0 Å². The minimum absolute atomic E-state index is 1.73. The highest BCUT2D eigenvalue weighted by Gasteiger charge is 2.43. The molecule has 1 saturated heterocycles. The third kappa shape index (κ3) is 1.79. The van der Waals surface area contributed by atoms with Crippen LogP contribution in [0.1, 0.15) is 0 Å². The first kappa shape index (κ1) is 10.4. The molecule has 0 amide bonds. The smallest absolute Gasteiger partial charge is 0.184 e. The van der Waals surface area contributed by atoms with Gasteiger partial charge in [0.1, 0.15) is 24.4 Å². The fraction of sp³-hybridized carbons (Fsp3) is 0.833. The number of hydrogen-bond donors (Lipinski definition) is 4. The maximum Gasteiger partial charge on any atom is 0.184 e. The zero-order chi connectivity index (χ0) is 10.2. The molecule has 0 aliphatic carbocycles. The molecule has 4 N–H and O–H groups in total. The van der Waals surface area contributed by atoms with Crippen LogP contribution < -0.4 is 5.11 Å². The van der Waals surface area contributed by atoms with Crippen LogP contribution in [0.25, 0.3) is 0 Å². The fourth-order valence-electron chi connectivity index (χ4n) is 1.06. The Morgan fingerprint density at radius 2 is 1.62 bits per heavy atom. The van der Waals surface area contributed by atoms with Crippen LogP contribution in [0.2, 0.25) is 0 Å². The van der Waals surface area contributed by atoms with Crippen molar-refractivity contribution in [3.63, 3.8) is 0 Å². The normalized spacial score (nSPS) is 46.0. The molecule has 13 heavy (non-hydrogen) atoms. The van der Waals surface area contributed by atoms with E-state index in [0.717, 1.165) is 0 Å². The molecule has 1 aliphatic heterocycles. The molecule has 5 atom stereocenters. The van der Waals surface area contributed by atoms with E-state index in [2.05, 4.69) is 4.74 Å². The molecule has 7 heteroatoms. The summed E-state index contributed by atoms with van der Waals surface area (Å²) in [5, 5.41) is 46.1. The van der Waals surface area contributed by atoms with Crippen LogP contribution in [-0.4, -0.2) is 57.1 Å². The van der Waals surface area contributed by atoms with Gasteiger partial charge in [-0.1, -0.05) is 0 Å². The Bertz CT molecular complexity index is 205. The second-order valence-corrected chi connectivity index (χ2v) is 2.74. The molecule has 7 nitrogen and oxygen atoms in total. The van der Waals surface area contributed by atoms with E-state index in [9.17, 15) is 9.90 Å². The van der Waals surface area contributed by atoms with Gasteiger partial charge in [0.15, 0.2) is 6.29 Å². The maximum absolute atomic E-state index is 10.3. The van der Waals surface area contributed by atoms with Crippen molar-refractivity contribution < 1.29 is 35.1 Å². The van der Waals surface area contributed by atoms with E-state index in [1.54, 1.807) is 0 Å². The largest absolute Gasteiger partial charge is 0.547 e. The standard InChI is InChI=1S/C6H10O7/c7-1-2(8)4(5(10)11)13-6(12)3(1)9/h1-4,6-9,12H,(H,10,11)/p-1. The third-order valence-corrected chi connectivity index (χ3v) is 1.82. The second kappa shape index (κ2) is 3.56. The highest BCUT2D eigenvalue weighted by molar-refractivity contribution is 5.71. The molecule has 0 aromatic rings. The van der Waals surface area contributed by atoms with Gasteiger partial charge in [-0.25, -0.2) is 0 Å². The van der Waals surface area contributed by atoms with Crippen molar-refractivity contribution in [2.75, 3.05) is 0 Å². The van der Waals surface area contributed by atoms with E-state index in [-0.39, 0.29) is 0 Å². The van der Waals surface area contributed by atoms with Gasteiger partial charge >= 0.3 is 0 Å². The summed E-state index contributed by atoms with van der Waals surface area (Å²) >= 11 is 0. The van der Waals surface area contributed by atoms with E-state index in [4.69, 9.17) is 20.4 Å². The first-order chi connectivity index (χ1) is 5.95. The minimum Gasteiger partial charge on any atom is -0.547 e. The number of carboxylic acids is 1. The molecule has 1 aliphatic rings. The predicted molar refractivity (Wildman–Crippen MR) is 33.9 cm³/mol. The number of hydrogen-bond acceptors (Lipinski definition) is 7. The molecule has 0 radical (unpaired) electrons. The number of carbonyl (C=O) groups excluding carboxylic acids is 1. The Kier molecular flexibility index (Phi) is 2.84. The van der Waals surface area contributed by atoms with Crippen molar-refractivity contribution in [1.29, 1.82) is 0 Å². The second-order valence-electron chi connectivity index (χ2n) is 2.74. The number of carbonyl (C=O) groups is 1. The van der Waals surface area contributed by atoms with Crippen molar-refractivity contribution in [3.8, 4) is 0 Å². The van der Waals surface area contributed by atoms with Crippen molar-refractivity contribution >= 4 is 5.97 Å². The molecule has 1 rings (SSSR count). The van der Waals surface area contributed by atoms with Crippen molar-refractivity contribution in [2.45, 2.75) is 30.7 Å². The molecule has 0 bridgehead atoms. The Balaban J connectivity index is 2.76. The van der Waals surface area contributed by atoms with Crippen LogP contribution in [0, 0.1) is 0 Å². The summed E-state index contributed by atoms with van der Waals surface area (Å²) in [4.78, 5) is 10.3.